The molecule has 2 unspecified atom stereocenters. The van der Waals surface area contributed by atoms with Crippen LogP contribution < -0.4 is 5.32 Å². The van der Waals surface area contributed by atoms with Crippen molar-refractivity contribution in [1.29, 1.82) is 0 Å². The first-order valence-corrected chi connectivity index (χ1v) is 4.18. The van der Waals surface area contributed by atoms with Crippen LogP contribution in [0.2, 0.25) is 0 Å². The molecule has 1 heterocycles. The standard InChI is InChI=1S/C8H15NO4/c1-8(2,3)13-7(11)9-6-5(4-10)12-6/h5-6,10H,4H2,1-3H3,(H,9,11). The van der Waals surface area contributed by atoms with Gasteiger partial charge < -0.3 is 14.6 Å². The van der Waals surface area contributed by atoms with Gasteiger partial charge in [0.2, 0.25) is 0 Å². The third-order valence-electron chi connectivity index (χ3n) is 1.42. The number of ether oxygens (including phenoxy) is 2. The summed E-state index contributed by atoms with van der Waals surface area (Å²) >= 11 is 0. The van der Waals surface area contributed by atoms with Crippen LogP contribution in [-0.2, 0) is 9.47 Å². The average Bonchev–Trinajstić information content (AvgIpc) is 2.62. The van der Waals surface area contributed by atoms with E-state index < -0.39 is 11.7 Å². The van der Waals surface area contributed by atoms with Gasteiger partial charge >= 0.3 is 6.09 Å². The number of rotatable bonds is 2. The molecule has 1 rings (SSSR count). The molecule has 76 valence electrons. The van der Waals surface area contributed by atoms with Crippen LogP contribution >= 0.6 is 0 Å². The first kappa shape index (κ1) is 10.3. The van der Waals surface area contributed by atoms with Gasteiger partial charge in [-0.05, 0) is 20.8 Å². The van der Waals surface area contributed by atoms with Crippen LogP contribution in [0.3, 0.4) is 0 Å². The van der Waals surface area contributed by atoms with Gasteiger partial charge in [-0.25, -0.2) is 4.79 Å². The van der Waals surface area contributed by atoms with Gasteiger partial charge in [-0.2, -0.15) is 0 Å². The summed E-state index contributed by atoms with van der Waals surface area (Å²) in [5.41, 5.74) is -0.506. The fraction of sp³-hybridized carbons (Fsp3) is 0.875. The lowest BCUT2D eigenvalue weighted by Crippen LogP contribution is -2.35. The summed E-state index contributed by atoms with van der Waals surface area (Å²) < 4.78 is 9.86. The number of carbonyl (C=O) groups excluding carboxylic acids is 1. The maximum atomic E-state index is 11.1. The molecule has 0 bridgehead atoms. The van der Waals surface area contributed by atoms with Crippen molar-refractivity contribution in [3.63, 3.8) is 0 Å². The summed E-state index contributed by atoms with van der Waals surface area (Å²) in [5, 5.41) is 11.1. The minimum Gasteiger partial charge on any atom is -0.444 e. The van der Waals surface area contributed by atoms with Gasteiger partial charge in [0.05, 0.1) is 6.61 Å². The van der Waals surface area contributed by atoms with E-state index in [-0.39, 0.29) is 18.9 Å². The van der Waals surface area contributed by atoms with E-state index in [1.165, 1.54) is 0 Å². The van der Waals surface area contributed by atoms with Gasteiger partial charge in [0.1, 0.15) is 11.7 Å². The second-order valence-electron chi connectivity index (χ2n) is 3.92. The lowest BCUT2D eigenvalue weighted by Gasteiger charge is -2.19. The molecule has 13 heavy (non-hydrogen) atoms. The van der Waals surface area contributed by atoms with Crippen LogP contribution in [-0.4, -0.2) is 35.7 Å². The Kier molecular flexibility index (Phi) is 2.77. The van der Waals surface area contributed by atoms with Crippen molar-refractivity contribution < 1.29 is 19.4 Å². The van der Waals surface area contributed by atoms with Crippen LogP contribution in [0.5, 0.6) is 0 Å². The summed E-state index contributed by atoms with van der Waals surface area (Å²) in [6.07, 6.45) is -1.18. The zero-order chi connectivity index (χ0) is 10.1. The summed E-state index contributed by atoms with van der Waals surface area (Å²) in [6.45, 7) is 5.26. The summed E-state index contributed by atoms with van der Waals surface area (Å²) in [4.78, 5) is 11.1. The molecule has 0 aromatic carbocycles. The monoisotopic (exact) mass is 189 g/mol. The molecule has 1 fully saturated rings. The third kappa shape index (κ3) is 3.61. The smallest absolute Gasteiger partial charge is 0.409 e. The molecule has 5 heteroatoms. The van der Waals surface area contributed by atoms with Crippen LogP contribution in [0.15, 0.2) is 0 Å². The first-order valence-electron chi connectivity index (χ1n) is 4.18. The van der Waals surface area contributed by atoms with E-state index in [2.05, 4.69) is 5.32 Å². The Labute approximate surface area is 77.0 Å². The first-order chi connectivity index (χ1) is 5.92. The minimum absolute atomic E-state index is 0.0829. The fourth-order valence-corrected chi connectivity index (χ4v) is 0.832. The Hall–Kier alpha value is -0.810. The number of aliphatic hydroxyl groups excluding tert-OH is 1. The topological polar surface area (TPSA) is 71.1 Å². The lowest BCUT2D eigenvalue weighted by molar-refractivity contribution is 0.0503. The number of epoxide rings is 1. The van der Waals surface area contributed by atoms with E-state index in [0.717, 1.165) is 0 Å². The second-order valence-corrected chi connectivity index (χ2v) is 3.92. The van der Waals surface area contributed by atoms with Crippen molar-refractivity contribution in [3.8, 4) is 0 Å². The molecular formula is C8H15NO4. The second kappa shape index (κ2) is 3.51. The van der Waals surface area contributed by atoms with Crippen molar-refractivity contribution >= 4 is 6.09 Å². The van der Waals surface area contributed by atoms with Crippen molar-refractivity contribution in [1.82, 2.24) is 5.32 Å². The molecule has 1 aliphatic heterocycles. The predicted molar refractivity (Wildman–Crippen MR) is 45.1 cm³/mol. The number of alkyl carbamates (subject to hydrolysis) is 1. The Balaban J connectivity index is 2.20. The van der Waals surface area contributed by atoms with Crippen molar-refractivity contribution in [3.05, 3.63) is 0 Å². The highest BCUT2D eigenvalue weighted by Gasteiger charge is 2.40. The molecule has 0 spiro atoms. The Bertz CT molecular complexity index is 199. The fourth-order valence-electron chi connectivity index (χ4n) is 0.832. The molecule has 0 radical (unpaired) electrons. The van der Waals surface area contributed by atoms with E-state index in [1.807, 2.05) is 0 Å². The van der Waals surface area contributed by atoms with E-state index in [9.17, 15) is 4.79 Å². The lowest BCUT2D eigenvalue weighted by atomic mass is 10.2. The molecule has 0 aromatic rings. The highest BCUT2D eigenvalue weighted by Crippen LogP contribution is 2.18. The SMILES string of the molecule is CC(C)(C)OC(=O)NC1OC1CO. The highest BCUT2D eigenvalue weighted by molar-refractivity contribution is 5.68. The number of carbonyl (C=O) groups is 1. The van der Waals surface area contributed by atoms with E-state index in [1.54, 1.807) is 20.8 Å². The van der Waals surface area contributed by atoms with Gasteiger partial charge in [-0.15, -0.1) is 0 Å². The van der Waals surface area contributed by atoms with Crippen LogP contribution in [0, 0.1) is 0 Å². The number of nitrogens with one attached hydrogen (secondary N) is 1. The van der Waals surface area contributed by atoms with Gasteiger partial charge in [0, 0.05) is 0 Å². The third-order valence-corrected chi connectivity index (χ3v) is 1.42. The summed E-state index contributed by atoms with van der Waals surface area (Å²) in [5.74, 6) is 0. The van der Waals surface area contributed by atoms with Crippen molar-refractivity contribution in [2.45, 2.75) is 38.7 Å². The van der Waals surface area contributed by atoms with Gasteiger partial charge in [-0.1, -0.05) is 0 Å². The van der Waals surface area contributed by atoms with E-state index >= 15 is 0 Å². The van der Waals surface area contributed by atoms with Crippen molar-refractivity contribution in [2.24, 2.45) is 0 Å². The van der Waals surface area contributed by atoms with Crippen LogP contribution in [0.4, 0.5) is 4.79 Å². The Morgan fingerprint density at radius 1 is 1.62 bits per heavy atom. The molecule has 1 aliphatic rings. The van der Waals surface area contributed by atoms with E-state index in [4.69, 9.17) is 14.6 Å². The molecule has 2 atom stereocenters. The van der Waals surface area contributed by atoms with Gasteiger partial charge in [0.25, 0.3) is 0 Å². The molecule has 1 amide bonds. The predicted octanol–water partition coefficient (Wildman–Crippen LogP) is 0.228. The number of hydrogen-bond donors (Lipinski definition) is 2. The normalized spacial score (nSPS) is 26.8. The quantitative estimate of drug-likeness (QED) is 0.610. The summed E-state index contributed by atoms with van der Waals surface area (Å²) in [6, 6.07) is 0. The number of aliphatic hydroxyl groups is 1. The maximum absolute atomic E-state index is 11.1. The molecule has 5 nitrogen and oxygen atoms in total. The molecule has 0 aliphatic carbocycles. The molecule has 1 saturated heterocycles. The largest absolute Gasteiger partial charge is 0.444 e. The Morgan fingerprint density at radius 3 is 2.62 bits per heavy atom. The average molecular weight is 189 g/mol. The molecular weight excluding hydrogens is 174 g/mol. The Morgan fingerprint density at radius 2 is 2.23 bits per heavy atom. The van der Waals surface area contributed by atoms with Crippen LogP contribution in [0.1, 0.15) is 20.8 Å². The summed E-state index contributed by atoms with van der Waals surface area (Å²) in [7, 11) is 0. The number of hydrogen-bond acceptors (Lipinski definition) is 4. The maximum Gasteiger partial charge on any atom is 0.409 e. The molecule has 0 aromatic heterocycles. The highest BCUT2D eigenvalue weighted by atomic mass is 16.6. The van der Waals surface area contributed by atoms with Crippen LogP contribution in [0.25, 0.3) is 0 Å². The van der Waals surface area contributed by atoms with Gasteiger partial charge in [-0.3, -0.25) is 5.32 Å². The number of amides is 1. The zero-order valence-electron chi connectivity index (χ0n) is 8.03. The van der Waals surface area contributed by atoms with Crippen molar-refractivity contribution in [2.75, 3.05) is 6.61 Å². The van der Waals surface area contributed by atoms with Gasteiger partial charge in [0.15, 0.2) is 6.23 Å². The van der Waals surface area contributed by atoms with E-state index in [0.29, 0.717) is 0 Å². The molecule has 0 saturated carbocycles. The molecule has 2 N–H and O–H groups in total. The zero-order valence-corrected chi connectivity index (χ0v) is 8.03. The minimum atomic E-state index is -0.520.